The summed E-state index contributed by atoms with van der Waals surface area (Å²) in [5.41, 5.74) is 0.837. The Morgan fingerprint density at radius 3 is 1.23 bits per heavy atom. The molecule has 2 aromatic carbocycles. The molecule has 22 heavy (non-hydrogen) atoms. The van der Waals surface area contributed by atoms with Gasteiger partial charge < -0.3 is 0 Å². The van der Waals surface area contributed by atoms with Gasteiger partial charge in [0.05, 0.1) is 11.4 Å². The van der Waals surface area contributed by atoms with Crippen LogP contribution in [-0.4, -0.2) is 17.8 Å². The first-order valence-corrected chi connectivity index (χ1v) is 6.78. The minimum atomic E-state index is -0.697. The molecule has 0 bridgehead atoms. The lowest BCUT2D eigenvalue weighted by atomic mass is 10.2. The van der Waals surface area contributed by atoms with E-state index in [2.05, 4.69) is 0 Å². The fourth-order valence-corrected chi connectivity index (χ4v) is 2.11. The number of carbonyl (C=O) groups excluding carboxylic acids is 3. The fourth-order valence-electron chi connectivity index (χ4n) is 2.11. The van der Waals surface area contributed by atoms with Crippen molar-refractivity contribution in [3.63, 3.8) is 0 Å². The third-order valence-corrected chi connectivity index (χ3v) is 3.04. The Kier molecular flexibility index (Phi) is 4.68. The summed E-state index contributed by atoms with van der Waals surface area (Å²) in [4.78, 5) is 38.5. The van der Waals surface area contributed by atoms with E-state index in [0.29, 0.717) is 11.4 Å². The van der Waals surface area contributed by atoms with Crippen LogP contribution in [0.2, 0.25) is 0 Å². The van der Waals surface area contributed by atoms with Crippen LogP contribution < -0.4 is 9.80 Å². The van der Waals surface area contributed by atoms with Gasteiger partial charge in [0.1, 0.15) is 0 Å². The Bertz CT molecular complexity index is 624. The van der Waals surface area contributed by atoms with Crippen LogP contribution in [-0.2, 0) is 9.59 Å². The number of rotatable bonds is 2. The molecule has 112 valence electrons. The van der Waals surface area contributed by atoms with Gasteiger partial charge in [0.25, 0.3) is 0 Å². The summed E-state index contributed by atoms with van der Waals surface area (Å²) >= 11 is 0. The summed E-state index contributed by atoms with van der Waals surface area (Å²) in [6.45, 7) is 2.57. The molecule has 0 spiro atoms. The minimum absolute atomic E-state index is 0.419. The number of benzene rings is 2. The van der Waals surface area contributed by atoms with Gasteiger partial charge in [0.15, 0.2) is 0 Å². The Labute approximate surface area is 128 Å². The maximum atomic E-state index is 12.7. The van der Waals surface area contributed by atoms with Gasteiger partial charge in [-0.15, -0.1) is 0 Å². The maximum Gasteiger partial charge on any atom is 0.342 e. The van der Waals surface area contributed by atoms with E-state index in [1.54, 1.807) is 60.7 Å². The molecule has 0 saturated heterocycles. The number of carbonyl (C=O) groups is 3. The van der Waals surface area contributed by atoms with Gasteiger partial charge >= 0.3 is 6.03 Å². The summed E-state index contributed by atoms with van der Waals surface area (Å²) < 4.78 is 0. The van der Waals surface area contributed by atoms with Crippen molar-refractivity contribution in [2.75, 3.05) is 9.80 Å². The summed E-state index contributed by atoms with van der Waals surface area (Å²) in [5.74, 6) is -0.920. The van der Waals surface area contributed by atoms with Crippen molar-refractivity contribution in [1.29, 1.82) is 0 Å². The van der Waals surface area contributed by atoms with Crippen LogP contribution in [0.25, 0.3) is 0 Å². The zero-order valence-corrected chi connectivity index (χ0v) is 12.4. The first-order valence-electron chi connectivity index (χ1n) is 6.78. The molecule has 0 heterocycles. The molecule has 0 N–H and O–H groups in total. The van der Waals surface area contributed by atoms with E-state index in [4.69, 9.17) is 0 Å². The molecule has 0 unspecified atom stereocenters. The largest absolute Gasteiger partial charge is 0.342 e. The highest BCUT2D eigenvalue weighted by Gasteiger charge is 2.29. The number of amides is 4. The maximum absolute atomic E-state index is 12.7. The van der Waals surface area contributed by atoms with E-state index in [1.165, 1.54) is 13.8 Å². The Morgan fingerprint density at radius 1 is 0.636 bits per heavy atom. The van der Waals surface area contributed by atoms with Gasteiger partial charge in [-0.2, -0.15) is 0 Å². The Hall–Kier alpha value is -2.95. The van der Waals surface area contributed by atoms with E-state index in [1.807, 2.05) is 0 Å². The van der Waals surface area contributed by atoms with E-state index in [-0.39, 0.29) is 0 Å². The molecule has 2 aromatic rings. The van der Waals surface area contributed by atoms with Gasteiger partial charge in [-0.25, -0.2) is 14.6 Å². The smallest absolute Gasteiger partial charge is 0.274 e. The SMILES string of the molecule is CC(=O)N(C(=O)N(C(C)=O)c1ccccc1)c1ccccc1. The molecule has 0 aliphatic heterocycles. The highest BCUT2D eigenvalue weighted by Crippen LogP contribution is 2.20. The summed E-state index contributed by atoms with van der Waals surface area (Å²) in [6, 6.07) is 16.3. The average molecular weight is 296 g/mol. The number of hydrogen-bond acceptors (Lipinski definition) is 3. The average Bonchev–Trinajstić information content (AvgIpc) is 2.49. The Balaban J connectivity index is 2.45. The van der Waals surface area contributed by atoms with Crippen LogP contribution in [0.4, 0.5) is 16.2 Å². The van der Waals surface area contributed by atoms with Crippen molar-refractivity contribution in [2.45, 2.75) is 13.8 Å². The van der Waals surface area contributed by atoms with E-state index < -0.39 is 17.8 Å². The first-order chi connectivity index (χ1) is 10.5. The molecule has 0 saturated carbocycles. The highest BCUT2D eigenvalue weighted by atomic mass is 16.2. The normalized spacial score (nSPS) is 9.91. The van der Waals surface area contributed by atoms with Gasteiger partial charge in [-0.1, -0.05) is 36.4 Å². The zero-order chi connectivity index (χ0) is 16.1. The van der Waals surface area contributed by atoms with Crippen LogP contribution in [0.3, 0.4) is 0 Å². The lowest BCUT2D eigenvalue weighted by Gasteiger charge is -2.26. The number of anilines is 2. The standard InChI is InChI=1S/C17H16N2O3/c1-13(20)18(15-9-5-3-6-10-15)17(22)19(14(2)21)16-11-7-4-8-12-16/h3-12H,1-2H3. The second kappa shape index (κ2) is 6.67. The van der Waals surface area contributed by atoms with Crippen molar-refractivity contribution in [2.24, 2.45) is 0 Å². The van der Waals surface area contributed by atoms with Gasteiger partial charge in [0.2, 0.25) is 11.8 Å². The van der Waals surface area contributed by atoms with Crippen molar-refractivity contribution < 1.29 is 14.4 Å². The van der Waals surface area contributed by atoms with Gasteiger partial charge in [0, 0.05) is 13.8 Å². The quantitative estimate of drug-likeness (QED) is 0.855. The van der Waals surface area contributed by atoms with Crippen molar-refractivity contribution in [1.82, 2.24) is 0 Å². The molecule has 0 aliphatic carbocycles. The minimum Gasteiger partial charge on any atom is -0.274 e. The molecule has 2 rings (SSSR count). The topological polar surface area (TPSA) is 57.7 Å². The predicted octanol–water partition coefficient (Wildman–Crippen LogP) is 3.21. The molecule has 4 amide bonds. The lowest BCUT2D eigenvalue weighted by Crippen LogP contribution is -2.48. The lowest BCUT2D eigenvalue weighted by molar-refractivity contribution is -0.116. The molecule has 5 nitrogen and oxygen atoms in total. The molecular weight excluding hydrogens is 280 g/mol. The van der Waals surface area contributed by atoms with E-state index >= 15 is 0 Å². The third-order valence-electron chi connectivity index (χ3n) is 3.04. The van der Waals surface area contributed by atoms with E-state index in [9.17, 15) is 14.4 Å². The van der Waals surface area contributed by atoms with Crippen LogP contribution in [0.15, 0.2) is 60.7 Å². The fraction of sp³-hybridized carbons (Fsp3) is 0.118. The van der Waals surface area contributed by atoms with E-state index in [0.717, 1.165) is 9.80 Å². The summed E-state index contributed by atoms with van der Waals surface area (Å²) in [6.07, 6.45) is 0. The first kappa shape index (κ1) is 15.4. The summed E-state index contributed by atoms with van der Waals surface area (Å²) in [7, 11) is 0. The van der Waals surface area contributed by atoms with Crippen LogP contribution in [0.1, 0.15) is 13.8 Å². The number of nitrogens with zero attached hydrogens (tertiary/aromatic N) is 2. The van der Waals surface area contributed by atoms with Crippen molar-refractivity contribution in [3.05, 3.63) is 60.7 Å². The second-order valence-corrected chi connectivity index (χ2v) is 4.66. The predicted molar refractivity (Wildman–Crippen MR) is 84.6 cm³/mol. The third kappa shape index (κ3) is 3.20. The van der Waals surface area contributed by atoms with Crippen LogP contribution in [0, 0.1) is 0 Å². The zero-order valence-electron chi connectivity index (χ0n) is 12.4. The van der Waals surface area contributed by atoms with Crippen molar-refractivity contribution >= 4 is 29.2 Å². The Morgan fingerprint density at radius 2 is 0.955 bits per heavy atom. The van der Waals surface area contributed by atoms with Crippen LogP contribution in [0.5, 0.6) is 0 Å². The number of para-hydroxylation sites is 2. The summed E-state index contributed by atoms with van der Waals surface area (Å²) in [5, 5.41) is 0. The molecule has 0 atom stereocenters. The second-order valence-electron chi connectivity index (χ2n) is 4.66. The number of urea groups is 1. The molecule has 0 fully saturated rings. The van der Waals surface area contributed by atoms with Crippen LogP contribution >= 0.6 is 0 Å². The molecular formula is C17H16N2O3. The number of hydrogen-bond donors (Lipinski definition) is 0. The number of imide groups is 2. The van der Waals surface area contributed by atoms with Crippen molar-refractivity contribution in [3.8, 4) is 0 Å². The van der Waals surface area contributed by atoms with Gasteiger partial charge in [-0.3, -0.25) is 9.59 Å². The molecule has 0 aliphatic rings. The molecule has 5 heteroatoms. The molecule has 0 aromatic heterocycles. The highest BCUT2D eigenvalue weighted by molar-refractivity contribution is 6.26. The molecule has 0 radical (unpaired) electrons. The van der Waals surface area contributed by atoms with Gasteiger partial charge in [-0.05, 0) is 24.3 Å². The monoisotopic (exact) mass is 296 g/mol.